The Labute approximate surface area is 128 Å². The molecule has 0 heterocycles. The van der Waals surface area contributed by atoms with Gasteiger partial charge in [-0.15, -0.1) is 0 Å². The van der Waals surface area contributed by atoms with Crippen molar-refractivity contribution in [1.82, 2.24) is 5.32 Å². The van der Waals surface area contributed by atoms with Crippen LogP contribution in [0.4, 0.5) is 8.78 Å². The van der Waals surface area contributed by atoms with Crippen molar-refractivity contribution in [1.29, 1.82) is 0 Å². The average Bonchev–Trinajstić information content (AvgIpc) is 2.46. The standard InChI is InChI=1S/C17H18ClF2N/c1-21-11-12(9-13-5-2-3-8-16(13)19)10-14-6-4-7-15(18)17(14)20/h2-8,12,21H,9-11H2,1H3. The summed E-state index contributed by atoms with van der Waals surface area (Å²) < 4.78 is 27.8. The Hall–Kier alpha value is -1.45. The summed E-state index contributed by atoms with van der Waals surface area (Å²) in [5.74, 6) is -0.501. The van der Waals surface area contributed by atoms with Gasteiger partial charge in [0.15, 0.2) is 0 Å². The molecule has 1 atom stereocenters. The minimum absolute atomic E-state index is 0.0971. The predicted octanol–water partition coefficient (Wildman–Crippen LogP) is 4.24. The van der Waals surface area contributed by atoms with Crippen molar-refractivity contribution in [3.63, 3.8) is 0 Å². The zero-order valence-corrected chi connectivity index (χ0v) is 12.6. The van der Waals surface area contributed by atoms with E-state index < -0.39 is 0 Å². The van der Waals surface area contributed by atoms with E-state index in [4.69, 9.17) is 11.6 Å². The fourth-order valence-electron chi connectivity index (χ4n) is 2.50. The highest BCUT2D eigenvalue weighted by Gasteiger charge is 2.15. The number of rotatable bonds is 6. The molecule has 1 N–H and O–H groups in total. The van der Waals surface area contributed by atoms with Crippen molar-refractivity contribution in [2.75, 3.05) is 13.6 Å². The fraction of sp³-hybridized carbons (Fsp3) is 0.294. The van der Waals surface area contributed by atoms with Crippen LogP contribution in [-0.2, 0) is 12.8 Å². The SMILES string of the molecule is CNCC(Cc1ccccc1F)Cc1cccc(Cl)c1F. The van der Waals surface area contributed by atoms with Crippen LogP contribution in [0.5, 0.6) is 0 Å². The van der Waals surface area contributed by atoms with Crippen LogP contribution in [0.3, 0.4) is 0 Å². The van der Waals surface area contributed by atoms with Gasteiger partial charge in [0.05, 0.1) is 5.02 Å². The molecular formula is C17H18ClF2N. The molecule has 2 rings (SSSR count). The van der Waals surface area contributed by atoms with Gasteiger partial charge in [0.25, 0.3) is 0 Å². The lowest BCUT2D eigenvalue weighted by Gasteiger charge is -2.18. The molecule has 0 aliphatic carbocycles. The Bertz CT molecular complexity index is 601. The molecule has 0 radical (unpaired) electrons. The molecule has 1 unspecified atom stereocenters. The van der Waals surface area contributed by atoms with Gasteiger partial charge in [-0.25, -0.2) is 8.78 Å². The first kappa shape index (κ1) is 15.9. The molecule has 0 fully saturated rings. The second kappa shape index (κ2) is 7.53. The molecule has 0 aromatic heterocycles. The summed E-state index contributed by atoms with van der Waals surface area (Å²) in [6.07, 6.45) is 1.07. The van der Waals surface area contributed by atoms with E-state index in [2.05, 4.69) is 5.32 Å². The average molecular weight is 310 g/mol. The largest absolute Gasteiger partial charge is 0.319 e. The van der Waals surface area contributed by atoms with E-state index in [-0.39, 0.29) is 22.6 Å². The van der Waals surface area contributed by atoms with Gasteiger partial charge in [0.2, 0.25) is 0 Å². The first-order valence-electron chi connectivity index (χ1n) is 6.92. The molecule has 2 aromatic rings. The molecule has 0 spiro atoms. The molecule has 0 aliphatic rings. The van der Waals surface area contributed by atoms with Crippen LogP contribution in [-0.4, -0.2) is 13.6 Å². The van der Waals surface area contributed by atoms with Crippen LogP contribution in [0.15, 0.2) is 42.5 Å². The topological polar surface area (TPSA) is 12.0 Å². The minimum atomic E-state index is -0.381. The van der Waals surface area contributed by atoms with Gasteiger partial charge in [-0.05, 0) is 55.6 Å². The molecule has 4 heteroatoms. The first-order valence-corrected chi connectivity index (χ1v) is 7.30. The quantitative estimate of drug-likeness (QED) is 0.841. The summed E-state index contributed by atoms with van der Waals surface area (Å²) in [6.45, 7) is 0.681. The van der Waals surface area contributed by atoms with E-state index in [0.29, 0.717) is 30.5 Å². The van der Waals surface area contributed by atoms with Crippen LogP contribution in [0.1, 0.15) is 11.1 Å². The Balaban J connectivity index is 2.16. The van der Waals surface area contributed by atoms with Gasteiger partial charge in [-0.3, -0.25) is 0 Å². The molecule has 21 heavy (non-hydrogen) atoms. The van der Waals surface area contributed by atoms with Crippen LogP contribution in [0.2, 0.25) is 5.02 Å². The van der Waals surface area contributed by atoms with Crippen molar-refractivity contribution in [3.05, 3.63) is 70.2 Å². The summed E-state index contributed by atoms with van der Waals surface area (Å²) >= 11 is 5.81. The minimum Gasteiger partial charge on any atom is -0.319 e. The highest BCUT2D eigenvalue weighted by Crippen LogP contribution is 2.22. The molecule has 0 saturated carbocycles. The van der Waals surface area contributed by atoms with Crippen molar-refractivity contribution >= 4 is 11.6 Å². The Morgan fingerprint density at radius 2 is 1.67 bits per heavy atom. The summed E-state index contributed by atoms with van der Waals surface area (Å²) in [5.41, 5.74) is 1.22. The predicted molar refractivity (Wildman–Crippen MR) is 82.6 cm³/mol. The first-order chi connectivity index (χ1) is 10.1. The summed E-state index contributed by atoms with van der Waals surface area (Å²) in [5, 5.41) is 3.21. The van der Waals surface area contributed by atoms with Crippen LogP contribution < -0.4 is 5.32 Å². The number of nitrogens with one attached hydrogen (secondary N) is 1. The van der Waals surface area contributed by atoms with Gasteiger partial charge in [0, 0.05) is 0 Å². The Morgan fingerprint density at radius 3 is 2.38 bits per heavy atom. The summed E-state index contributed by atoms with van der Waals surface area (Å²) in [7, 11) is 1.84. The van der Waals surface area contributed by atoms with Gasteiger partial charge < -0.3 is 5.32 Å². The van der Waals surface area contributed by atoms with Crippen LogP contribution in [0, 0.1) is 17.6 Å². The molecule has 0 amide bonds. The van der Waals surface area contributed by atoms with E-state index in [9.17, 15) is 8.78 Å². The zero-order chi connectivity index (χ0) is 15.2. The van der Waals surface area contributed by atoms with E-state index in [1.54, 1.807) is 24.3 Å². The van der Waals surface area contributed by atoms with Crippen LogP contribution in [0.25, 0.3) is 0 Å². The normalized spacial score (nSPS) is 12.4. The zero-order valence-electron chi connectivity index (χ0n) is 11.9. The number of hydrogen-bond donors (Lipinski definition) is 1. The van der Waals surface area contributed by atoms with Crippen molar-refractivity contribution in [2.24, 2.45) is 5.92 Å². The van der Waals surface area contributed by atoms with E-state index in [1.807, 2.05) is 13.1 Å². The van der Waals surface area contributed by atoms with Gasteiger partial charge in [-0.2, -0.15) is 0 Å². The maximum atomic E-state index is 14.0. The smallest absolute Gasteiger partial charge is 0.144 e. The van der Waals surface area contributed by atoms with Gasteiger partial charge in [-0.1, -0.05) is 41.9 Å². The Kier molecular flexibility index (Phi) is 5.71. The third-order valence-corrected chi connectivity index (χ3v) is 3.79. The van der Waals surface area contributed by atoms with Crippen molar-refractivity contribution < 1.29 is 8.78 Å². The highest BCUT2D eigenvalue weighted by molar-refractivity contribution is 6.30. The summed E-state index contributed by atoms with van der Waals surface area (Å²) in [4.78, 5) is 0. The molecule has 0 saturated heterocycles. The lowest BCUT2D eigenvalue weighted by molar-refractivity contribution is 0.469. The Morgan fingerprint density at radius 1 is 1.00 bits per heavy atom. The number of hydrogen-bond acceptors (Lipinski definition) is 1. The molecule has 1 nitrogen and oxygen atoms in total. The number of benzene rings is 2. The summed E-state index contributed by atoms with van der Waals surface area (Å²) in [6, 6.07) is 11.7. The molecule has 0 aliphatic heterocycles. The fourth-order valence-corrected chi connectivity index (χ4v) is 2.69. The van der Waals surface area contributed by atoms with Crippen molar-refractivity contribution in [2.45, 2.75) is 12.8 Å². The van der Waals surface area contributed by atoms with Gasteiger partial charge >= 0.3 is 0 Å². The second-order valence-corrected chi connectivity index (χ2v) is 5.54. The third-order valence-electron chi connectivity index (χ3n) is 3.50. The molecule has 2 aromatic carbocycles. The highest BCUT2D eigenvalue weighted by atomic mass is 35.5. The lowest BCUT2D eigenvalue weighted by atomic mass is 9.92. The maximum Gasteiger partial charge on any atom is 0.144 e. The molecule has 0 bridgehead atoms. The van der Waals surface area contributed by atoms with Crippen LogP contribution >= 0.6 is 11.6 Å². The second-order valence-electron chi connectivity index (χ2n) is 5.14. The molecular weight excluding hydrogens is 292 g/mol. The van der Waals surface area contributed by atoms with E-state index >= 15 is 0 Å². The number of halogens is 3. The maximum absolute atomic E-state index is 14.0. The molecule has 112 valence electrons. The third kappa shape index (κ3) is 4.26. The van der Waals surface area contributed by atoms with E-state index in [0.717, 1.165) is 0 Å². The van der Waals surface area contributed by atoms with E-state index in [1.165, 1.54) is 12.1 Å². The van der Waals surface area contributed by atoms with Crippen molar-refractivity contribution in [3.8, 4) is 0 Å². The van der Waals surface area contributed by atoms with Gasteiger partial charge in [0.1, 0.15) is 11.6 Å². The lowest BCUT2D eigenvalue weighted by Crippen LogP contribution is -2.23. The monoisotopic (exact) mass is 309 g/mol.